The molecule has 0 aromatic heterocycles. The van der Waals surface area contributed by atoms with Gasteiger partial charge in [0.1, 0.15) is 0 Å². The zero-order valence-corrected chi connectivity index (χ0v) is 23.5. The Morgan fingerprint density at radius 1 is 1.08 bits per heavy atom. The third kappa shape index (κ3) is 4.87. The smallest absolute Gasteiger partial charge is 0.251 e. The average Bonchev–Trinajstić information content (AvgIpc) is 3.36. The molecule has 4 nitrogen and oxygen atoms in total. The zero-order valence-electron chi connectivity index (χ0n) is 21.9. The average molecular weight is 537 g/mol. The highest BCUT2D eigenvalue weighted by molar-refractivity contribution is 6.31. The number of nitrogens with zero attached hydrogens (tertiary/aromatic N) is 1. The van der Waals surface area contributed by atoms with Crippen LogP contribution in [-0.2, 0) is 12.0 Å². The van der Waals surface area contributed by atoms with Crippen LogP contribution in [0, 0.1) is 5.41 Å². The van der Waals surface area contributed by atoms with Gasteiger partial charge in [-0.05, 0) is 64.9 Å². The predicted molar refractivity (Wildman–Crippen MR) is 154 cm³/mol. The molecule has 0 radical (unpaired) electrons. The number of fused-ring (bicyclic) bond motifs is 2. The molecule has 5 rings (SSSR count). The van der Waals surface area contributed by atoms with Crippen LogP contribution in [0.4, 0.5) is 5.69 Å². The van der Waals surface area contributed by atoms with E-state index in [1.165, 1.54) is 22.4 Å². The monoisotopic (exact) mass is 535 g/mol. The second-order valence-corrected chi connectivity index (χ2v) is 12.5. The van der Waals surface area contributed by atoms with Crippen LogP contribution in [0.5, 0.6) is 0 Å². The molecule has 3 aromatic carbocycles. The molecule has 2 aliphatic rings. The molecule has 194 valence electrons. The van der Waals surface area contributed by atoms with Crippen molar-refractivity contribution in [1.82, 2.24) is 10.6 Å². The van der Waals surface area contributed by atoms with E-state index < -0.39 is 0 Å². The predicted octanol–water partition coefficient (Wildman–Crippen LogP) is 6.80. The molecule has 0 aliphatic carbocycles. The van der Waals surface area contributed by atoms with Crippen LogP contribution in [0.2, 0.25) is 10.0 Å². The highest BCUT2D eigenvalue weighted by Crippen LogP contribution is 2.56. The SMILES string of the molecule is CNC(=O)c1ccc(CN2C[C@]3(c4cc(Cl)ccc42)[C@H](CC(C)(C)C)NC[C@@H]3c2ccccc2Cl)cc1. The highest BCUT2D eigenvalue weighted by atomic mass is 35.5. The molecule has 1 fully saturated rings. The normalized spacial score (nSPS) is 22.9. The molecule has 1 amide bonds. The van der Waals surface area contributed by atoms with Gasteiger partial charge in [0, 0.05) is 65.4 Å². The first-order valence-electron chi connectivity index (χ1n) is 13.0. The van der Waals surface area contributed by atoms with Crippen molar-refractivity contribution < 1.29 is 4.79 Å². The first-order valence-corrected chi connectivity index (χ1v) is 13.7. The van der Waals surface area contributed by atoms with Crippen LogP contribution < -0.4 is 15.5 Å². The molecule has 3 aromatic rings. The maximum absolute atomic E-state index is 12.0. The van der Waals surface area contributed by atoms with Crippen LogP contribution in [0.25, 0.3) is 0 Å². The van der Waals surface area contributed by atoms with Gasteiger partial charge >= 0.3 is 0 Å². The van der Waals surface area contributed by atoms with E-state index in [1.807, 2.05) is 30.3 Å². The van der Waals surface area contributed by atoms with E-state index >= 15 is 0 Å². The van der Waals surface area contributed by atoms with E-state index in [-0.39, 0.29) is 28.7 Å². The number of nitrogens with one attached hydrogen (secondary N) is 2. The number of halogens is 2. The molecule has 0 bridgehead atoms. The van der Waals surface area contributed by atoms with Crippen LogP contribution in [0.15, 0.2) is 66.7 Å². The van der Waals surface area contributed by atoms with E-state index in [1.54, 1.807) is 7.05 Å². The van der Waals surface area contributed by atoms with Gasteiger partial charge in [0.2, 0.25) is 0 Å². The first-order chi connectivity index (χ1) is 17.6. The summed E-state index contributed by atoms with van der Waals surface area (Å²) in [5.74, 6) is 0.141. The summed E-state index contributed by atoms with van der Waals surface area (Å²) >= 11 is 13.5. The molecule has 2 heterocycles. The molecule has 0 saturated carbocycles. The number of carbonyl (C=O) groups is 1. The Labute approximate surface area is 230 Å². The molecule has 1 saturated heterocycles. The summed E-state index contributed by atoms with van der Waals surface area (Å²) in [5, 5.41) is 8.19. The molecule has 6 heteroatoms. The number of carbonyl (C=O) groups excluding carboxylic acids is 1. The number of benzene rings is 3. The minimum atomic E-state index is -0.180. The molecule has 0 unspecified atom stereocenters. The quantitative estimate of drug-likeness (QED) is 0.377. The Hall–Kier alpha value is -2.53. The van der Waals surface area contributed by atoms with E-state index in [4.69, 9.17) is 23.2 Å². The van der Waals surface area contributed by atoms with Gasteiger partial charge in [-0.25, -0.2) is 0 Å². The largest absolute Gasteiger partial charge is 0.366 e. The summed E-state index contributed by atoms with van der Waals surface area (Å²) in [7, 11) is 1.65. The lowest BCUT2D eigenvalue weighted by molar-refractivity contribution is 0.0963. The molecule has 2 aliphatic heterocycles. The minimum absolute atomic E-state index is 0.0729. The Morgan fingerprint density at radius 2 is 1.81 bits per heavy atom. The lowest BCUT2D eigenvalue weighted by atomic mass is 9.64. The summed E-state index contributed by atoms with van der Waals surface area (Å²) in [5.41, 5.74) is 5.52. The fourth-order valence-corrected chi connectivity index (χ4v) is 6.82. The second-order valence-electron chi connectivity index (χ2n) is 11.6. The molecule has 2 N–H and O–H groups in total. The van der Waals surface area contributed by atoms with Crippen molar-refractivity contribution in [2.45, 2.75) is 51.1 Å². The third-order valence-corrected chi connectivity index (χ3v) is 8.56. The maximum atomic E-state index is 12.0. The Morgan fingerprint density at radius 3 is 2.49 bits per heavy atom. The molecular weight excluding hydrogens is 501 g/mol. The zero-order chi connectivity index (χ0) is 26.4. The highest BCUT2D eigenvalue weighted by Gasteiger charge is 2.57. The fraction of sp³-hybridized carbons (Fsp3) is 0.387. The van der Waals surface area contributed by atoms with Crippen LogP contribution in [0.3, 0.4) is 0 Å². The van der Waals surface area contributed by atoms with Gasteiger partial charge in [-0.3, -0.25) is 4.79 Å². The van der Waals surface area contributed by atoms with Crippen molar-refractivity contribution in [2.75, 3.05) is 25.0 Å². The molecule has 1 spiro atoms. The van der Waals surface area contributed by atoms with Crippen LogP contribution in [-0.4, -0.2) is 32.1 Å². The van der Waals surface area contributed by atoms with Gasteiger partial charge in [-0.15, -0.1) is 0 Å². The Kier molecular flexibility index (Phi) is 7.04. The van der Waals surface area contributed by atoms with Crippen molar-refractivity contribution >= 4 is 34.8 Å². The molecule has 37 heavy (non-hydrogen) atoms. The minimum Gasteiger partial charge on any atom is -0.366 e. The number of anilines is 1. The lowest BCUT2D eigenvalue weighted by Crippen LogP contribution is -2.48. The fourth-order valence-electron chi connectivity index (χ4n) is 6.39. The maximum Gasteiger partial charge on any atom is 0.251 e. The Bertz CT molecular complexity index is 1300. The van der Waals surface area contributed by atoms with E-state index in [0.717, 1.165) is 36.1 Å². The molecular formula is C31H35Cl2N3O. The standard InChI is InChI=1S/C31H35Cl2N3O/c1-30(2,3)16-28-31(25(17-35-28)23-7-5-6-8-26(23)33)19-36(27-14-13-22(32)15-24(27)31)18-20-9-11-21(12-10-20)29(37)34-4/h5-15,25,28,35H,16-19H2,1-4H3,(H,34,37)/t25-,28+,31-/m1/s1. The van der Waals surface area contributed by atoms with E-state index in [0.29, 0.717) is 5.56 Å². The first kappa shape index (κ1) is 26.1. The number of hydrogen-bond donors (Lipinski definition) is 2. The number of rotatable bonds is 5. The van der Waals surface area contributed by atoms with Gasteiger partial charge in [0.15, 0.2) is 0 Å². The van der Waals surface area contributed by atoms with Crippen LogP contribution in [0.1, 0.15) is 60.2 Å². The van der Waals surface area contributed by atoms with Crippen molar-refractivity contribution in [3.8, 4) is 0 Å². The van der Waals surface area contributed by atoms with Gasteiger partial charge in [0.05, 0.1) is 0 Å². The third-order valence-electron chi connectivity index (χ3n) is 7.98. The van der Waals surface area contributed by atoms with Crippen molar-refractivity contribution in [3.63, 3.8) is 0 Å². The van der Waals surface area contributed by atoms with Crippen molar-refractivity contribution in [2.24, 2.45) is 5.41 Å². The second kappa shape index (κ2) is 9.98. The van der Waals surface area contributed by atoms with Gasteiger partial charge < -0.3 is 15.5 Å². The number of amides is 1. The summed E-state index contributed by atoms with van der Waals surface area (Å²) in [6.45, 7) is 9.41. The summed E-state index contributed by atoms with van der Waals surface area (Å²) in [6.07, 6.45) is 1.04. The van der Waals surface area contributed by atoms with Gasteiger partial charge in [-0.1, -0.05) is 74.3 Å². The van der Waals surface area contributed by atoms with Crippen molar-refractivity contribution in [3.05, 3.63) is 99.0 Å². The summed E-state index contributed by atoms with van der Waals surface area (Å²) < 4.78 is 0. The topological polar surface area (TPSA) is 44.4 Å². The summed E-state index contributed by atoms with van der Waals surface area (Å²) in [6, 6.07) is 22.8. The van der Waals surface area contributed by atoms with Crippen LogP contribution >= 0.6 is 23.2 Å². The van der Waals surface area contributed by atoms with Crippen molar-refractivity contribution in [1.29, 1.82) is 0 Å². The Balaban J connectivity index is 1.59. The van der Waals surface area contributed by atoms with E-state index in [9.17, 15) is 4.79 Å². The summed E-state index contributed by atoms with van der Waals surface area (Å²) in [4.78, 5) is 14.5. The number of hydrogen-bond acceptors (Lipinski definition) is 3. The van der Waals surface area contributed by atoms with Gasteiger partial charge in [-0.2, -0.15) is 0 Å². The van der Waals surface area contributed by atoms with Gasteiger partial charge in [0.25, 0.3) is 5.91 Å². The van der Waals surface area contributed by atoms with E-state index in [2.05, 4.69) is 72.7 Å². The lowest BCUT2D eigenvalue weighted by Gasteiger charge is -2.40. The molecule has 3 atom stereocenters.